The molecule has 0 amide bonds. The van der Waals surface area contributed by atoms with Gasteiger partial charge >= 0.3 is 20.2 Å². The predicted octanol–water partition coefficient (Wildman–Crippen LogP) is 3.02. The van der Waals surface area contributed by atoms with Gasteiger partial charge in [-0.15, -0.1) is 0 Å². The molecule has 0 radical (unpaired) electrons. The zero-order valence-corrected chi connectivity index (χ0v) is 16.4. The summed E-state index contributed by atoms with van der Waals surface area (Å²) in [6.07, 6.45) is 3.19. The van der Waals surface area contributed by atoms with Gasteiger partial charge in [-0.3, -0.25) is 9.59 Å². The lowest BCUT2D eigenvalue weighted by atomic mass is 10.1. The number of hydrogen-bond acceptors (Lipinski definition) is 7. The number of hydrogen-bond donors (Lipinski definition) is 0. The summed E-state index contributed by atoms with van der Waals surface area (Å²) in [6.45, 7) is 6.77. The number of carbonyl (C=O) groups is 2. The maximum absolute atomic E-state index is 11.6. The largest absolute Gasteiger partial charge is 0.423 e. The fraction of sp³-hybridized carbons (Fsp3) is 0.467. The van der Waals surface area contributed by atoms with Crippen LogP contribution in [0, 0.1) is 11.8 Å². The molecule has 0 fully saturated rings. The van der Waals surface area contributed by atoms with Crippen molar-refractivity contribution in [3.05, 3.63) is 29.2 Å². The Bertz CT molecular complexity index is 719. The van der Waals surface area contributed by atoms with Crippen molar-refractivity contribution in [3.63, 3.8) is 0 Å². The Hall–Kier alpha value is -1.60. The normalized spacial score (nSPS) is 14.0. The summed E-state index contributed by atoms with van der Waals surface area (Å²) in [4.78, 5) is 33.9. The SMILES string of the molecule is CC(C)C(=O)OC1=CCC(=C=O)C=C1OC(=O)C(C)C.O=S(=O)(Cl)Cl. The second kappa shape index (κ2) is 10.4. The summed E-state index contributed by atoms with van der Waals surface area (Å²) in [5, 5.41) is 0. The van der Waals surface area contributed by atoms with Gasteiger partial charge in [0.25, 0.3) is 0 Å². The molecule has 0 N–H and O–H groups in total. The summed E-state index contributed by atoms with van der Waals surface area (Å²) in [6, 6.07) is 0. The van der Waals surface area contributed by atoms with E-state index in [-0.39, 0.29) is 29.8 Å². The van der Waals surface area contributed by atoms with Gasteiger partial charge in [-0.25, -0.2) is 4.79 Å². The van der Waals surface area contributed by atoms with Crippen molar-refractivity contribution in [2.75, 3.05) is 0 Å². The lowest BCUT2D eigenvalue weighted by molar-refractivity contribution is -0.147. The van der Waals surface area contributed by atoms with Gasteiger partial charge in [0.15, 0.2) is 11.5 Å². The van der Waals surface area contributed by atoms with E-state index in [2.05, 4.69) is 21.4 Å². The highest BCUT2D eigenvalue weighted by Gasteiger charge is 2.23. The third-order valence-corrected chi connectivity index (χ3v) is 2.55. The zero-order valence-electron chi connectivity index (χ0n) is 14.0. The van der Waals surface area contributed by atoms with Crippen molar-refractivity contribution in [3.8, 4) is 0 Å². The molecule has 0 aliphatic heterocycles. The average molecular weight is 413 g/mol. The molecule has 0 saturated heterocycles. The van der Waals surface area contributed by atoms with Crippen LogP contribution in [0.2, 0.25) is 0 Å². The Kier molecular flexibility index (Phi) is 9.74. The molecule has 25 heavy (non-hydrogen) atoms. The molecule has 1 rings (SSSR count). The number of halogens is 2. The highest BCUT2D eigenvalue weighted by Crippen LogP contribution is 2.25. The molecular formula is C15H18Cl2O7S. The van der Waals surface area contributed by atoms with Crippen molar-refractivity contribution in [1.82, 2.24) is 0 Å². The highest BCUT2D eigenvalue weighted by molar-refractivity contribution is 8.31. The number of rotatable bonds is 4. The van der Waals surface area contributed by atoms with Crippen LogP contribution in [0.5, 0.6) is 0 Å². The minimum Gasteiger partial charge on any atom is -0.423 e. The second-order valence-electron chi connectivity index (χ2n) is 5.44. The van der Waals surface area contributed by atoms with Crippen molar-refractivity contribution in [2.24, 2.45) is 11.8 Å². The van der Waals surface area contributed by atoms with Crippen LogP contribution in [0.4, 0.5) is 0 Å². The quantitative estimate of drug-likeness (QED) is 0.396. The van der Waals surface area contributed by atoms with E-state index in [0.29, 0.717) is 5.57 Å². The van der Waals surface area contributed by atoms with Gasteiger partial charge < -0.3 is 9.47 Å². The summed E-state index contributed by atoms with van der Waals surface area (Å²) >= 11 is 0. The molecule has 0 atom stereocenters. The molecule has 0 spiro atoms. The third kappa shape index (κ3) is 10.8. The first-order valence-corrected chi connectivity index (χ1v) is 10.2. The Morgan fingerprint density at radius 3 is 1.80 bits per heavy atom. The maximum Gasteiger partial charge on any atom is 0.317 e. The Labute approximate surface area is 155 Å². The van der Waals surface area contributed by atoms with Gasteiger partial charge in [0.2, 0.25) is 0 Å². The summed E-state index contributed by atoms with van der Waals surface area (Å²) < 4.78 is 28.7. The lowest BCUT2D eigenvalue weighted by Crippen LogP contribution is -2.18. The minimum absolute atomic E-state index is 0.0716. The molecule has 0 bridgehead atoms. The average Bonchev–Trinajstić information content (AvgIpc) is 2.46. The third-order valence-electron chi connectivity index (χ3n) is 2.55. The summed E-state index contributed by atoms with van der Waals surface area (Å²) in [7, 11) is 4.81. The van der Waals surface area contributed by atoms with Gasteiger partial charge in [0, 0.05) is 33.4 Å². The van der Waals surface area contributed by atoms with Crippen LogP contribution in [-0.4, -0.2) is 26.3 Å². The van der Waals surface area contributed by atoms with Crippen molar-refractivity contribution < 1.29 is 32.3 Å². The zero-order chi connectivity index (χ0) is 19.8. The Balaban J connectivity index is 0.00000101. The van der Waals surface area contributed by atoms with Crippen molar-refractivity contribution in [2.45, 2.75) is 34.1 Å². The fourth-order valence-corrected chi connectivity index (χ4v) is 1.29. The number of ether oxygens (including phenoxy) is 2. The van der Waals surface area contributed by atoms with Crippen LogP contribution in [0.3, 0.4) is 0 Å². The molecule has 140 valence electrons. The molecule has 0 saturated carbocycles. The summed E-state index contributed by atoms with van der Waals surface area (Å²) in [5.74, 6) is 0.455. The van der Waals surface area contributed by atoms with Crippen LogP contribution in [0.25, 0.3) is 0 Å². The van der Waals surface area contributed by atoms with Gasteiger partial charge in [0.05, 0.1) is 11.8 Å². The molecule has 1 aliphatic carbocycles. The van der Waals surface area contributed by atoms with Crippen LogP contribution < -0.4 is 0 Å². The van der Waals surface area contributed by atoms with Gasteiger partial charge in [-0.05, 0) is 12.2 Å². The topological polar surface area (TPSA) is 104 Å². The van der Waals surface area contributed by atoms with E-state index in [0.717, 1.165) is 0 Å². The molecule has 0 aromatic rings. The van der Waals surface area contributed by atoms with Gasteiger partial charge in [-0.1, -0.05) is 27.7 Å². The minimum atomic E-state index is -3.72. The molecule has 0 aromatic heterocycles. The van der Waals surface area contributed by atoms with E-state index in [1.165, 1.54) is 12.2 Å². The Morgan fingerprint density at radius 2 is 1.44 bits per heavy atom. The smallest absolute Gasteiger partial charge is 0.317 e. The number of allylic oxidation sites excluding steroid dienone is 3. The maximum atomic E-state index is 11.6. The van der Waals surface area contributed by atoms with Crippen molar-refractivity contribution in [1.29, 1.82) is 0 Å². The molecule has 10 heteroatoms. The highest BCUT2D eigenvalue weighted by atomic mass is 36.0. The second-order valence-corrected chi connectivity index (χ2v) is 9.11. The van der Waals surface area contributed by atoms with E-state index >= 15 is 0 Å². The molecular weight excluding hydrogens is 395 g/mol. The van der Waals surface area contributed by atoms with Crippen molar-refractivity contribution >= 4 is 47.5 Å². The van der Waals surface area contributed by atoms with E-state index in [9.17, 15) is 14.4 Å². The molecule has 1 aliphatic rings. The monoisotopic (exact) mass is 412 g/mol. The first kappa shape index (κ1) is 23.4. The van der Waals surface area contributed by atoms with Gasteiger partial charge in [-0.2, -0.15) is 8.42 Å². The van der Waals surface area contributed by atoms with E-state index < -0.39 is 20.2 Å². The van der Waals surface area contributed by atoms with E-state index in [1.807, 2.05) is 0 Å². The van der Waals surface area contributed by atoms with E-state index in [1.54, 1.807) is 33.6 Å². The summed E-state index contributed by atoms with van der Waals surface area (Å²) in [5.41, 5.74) is 0.334. The predicted molar refractivity (Wildman–Crippen MR) is 92.5 cm³/mol. The molecule has 0 aromatic carbocycles. The fourth-order valence-electron chi connectivity index (χ4n) is 1.29. The first-order valence-electron chi connectivity index (χ1n) is 7.09. The van der Waals surface area contributed by atoms with Crippen LogP contribution in [-0.2, 0) is 32.1 Å². The number of esters is 2. The standard InChI is InChI=1S/C15H18O5.Cl2O2S/c1-9(2)14(17)19-12-6-5-11(8-16)7-13(12)20-15(18)10(3)4;1-5(2,3)4/h6-7,9-10H,5H2,1-4H3;. The Morgan fingerprint density at radius 1 is 1.04 bits per heavy atom. The van der Waals surface area contributed by atoms with E-state index in [4.69, 9.17) is 17.9 Å². The lowest BCUT2D eigenvalue weighted by Gasteiger charge is -2.17. The van der Waals surface area contributed by atoms with Crippen LogP contribution in [0.15, 0.2) is 29.2 Å². The van der Waals surface area contributed by atoms with Gasteiger partial charge in [0.1, 0.15) is 5.94 Å². The molecule has 7 nitrogen and oxygen atoms in total. The van der Waals surface area contributed by atoms with Crippen LogP contribution >= 0.6 is 21.4 Å². The number of carbonyl (C=O) groups excluding carboxylic acids is 3. The van der Waals surface area contributed by atoms with Crippen LogP contribution in [0.1, 0.15) is 34.1 Å². The molecule has 0 heterocycles. The molecule has 0 unspecified atom stereocenters. The first-order chi connectivity index (χ1) is 11.3.